The van der Waals surface area contributed by atoms with Crippen LogP contribution in [0.25, 0.3) is 0 Å². The standard InChI is InChI=1S/C13H27N3O/c1-3-15(4-2)10-8-9-14-13(17)16-11-6-5-7-12-16/h3-12H2,1-2H3,(H,14,17). The molecule has 100 valence electrons. The summed E-state index contributed by atoms with van der Waals surface area (Å²) in [4.78, 5) is 16.1. The lowest BCUT2D eigenvalue weighted by atomic mass is 10.1. The molecule has 1 aliphatic rings. The number of nitrogens with zero attached hydrogens (tertiary/aromatic N) is 2. The predicted octanol–water partition coefficient (Wildman–Crippen LogP) is 1.91. The van der Waals surface area contributed by atoms with Crippen LogP contribution in [0.3, 0.4) is 0 Å². The molecule has 1 aliphatic heterocycles. The van der Waals surface area contributed by atoms with Crippen molar-refractivity contribution in [2.45, 2.75) is 39.5 Å². The number of hydrogen-bond donors (Lipinski definition) is 1. The first kappa shape index (κ1) is 14.3. The quantitative estimate of drug-likeness (QED) is 0.721. The highest BCUT2D eigenvalue weighted by molar-refractivity contribution is 5.74. The molecule has 1 heterocycles. The maximum atomic E-state index is 11.8. The van der Waals surface area contributed by atoms with Crippen LogP contribution in [-0.4, -0.2) is 55.1 Å². The van der Waals surface area contributed by atoms with Gasteiger partial charge in [-0.1, -0.05) is 13.8 Å². The number of carbonyl (C=O) groups excluding carboxylic acids is 1. The molecular formula is C13H27N3O. The molecule has 2 amide bonds. The van der Waals surface area contributed by atoms with E-state index in [0.717, 1.165) is 58.5 Å². The Kier molecular flexibility index (Phi) is 7.01. The van der Waals surface area contributed by atoms with Crippen LogP contribution >= 0.6 is 0 Å². The number of rotatable bonds is 6. The summed E-state index contributed by atoms with van der Waals surface area (Å²) in [6, 6.07) is 0.129. The van der Waals surface area contributed by atoms with Crippen LogP contribution in [-0.2, 0) is 0 Å². The zero-order valence-electron chi connectivity index (χ0n) is 11.4. The van der Waals surface area contributed by atoms with Crippen molar-refractivity contribution >= 4 is 6.03 Å². The van der Waals surface area contributed by atoms with E-state index in [9.17, 15) is 4.79 Å². The summed E-state index contributed by atoms with van der Waals surface area (Å²) >= 11 is 0. The van der Waals surface area contributed by atoms with Crippen LogP contribution in [0.5, 0.6) is 0 Å². The largest absolute Gasteiger partial charge is 0.338 e. The van der Waals surface area contributed by atoms with Crippen LogP contribution in [0.1, 0.15) is 39.5 Å². The second-order valence-corrected chi connectivity index (χ2v) is 4.66. The number of carbonyl (C=O) groups is 1. The van der Waals surface area contributed by atoms with Crippen molar-refractivity contribution in [3.05, 3.63) is 0 Å². The topological polar surface area (TPSA) is 35.6 Å². The summed E-state index contributed by atoms with van der Waals surface area (Å²) in [6.07, 6.45) is 4.63. The molecule has 0 aromatic rings. The zero-order chi connectivity index (χ0) is 12.5. The van der Waals surface area contributed by atoms with E-state index < -0.39 is 0 Å². The Balaban J connectivity index is 2.07. The number of piperidine rings is 1. The van der Waals surface area contributed by atoms with E-state index in [4.69, 9.17) is 0 Å². The summed E-state index contributed by atoms with van der Waals surface area (Å²) in [6.45, 7) is 10.3. The lowest BCUT2D eigenvalue weighted by Gasteiger charge is -2.27. The van der Waals surface area contributed by atoms with Gasteiger partial charge in [-0.15, -0.1) is 0 Å². The molecule has 1 rings (SSSR count). The molecule has 0 radical (unpaired) electrons. The fraction of sp³-hybridized carbons (Fsp3) is 0.923. The van der Waals surface area contributed by atoms with E-state index in [2.05, 4.69) is 24.1 Å². The van der Waals surface area contributed by atoms with Crippen LogP contribution in [0.2, 0.25) is 0 Å². The van der Waals surface area contributed by atoms with E-state index in [-0.39, 0.29) is 6.03 Å². The lowest BCUT2D eigenvalue weighted by molar-refractivity contribution is 0.185. The summed E-state index contributed by atoms with van der Waals surface area (Å²) < 4.78 is 0. The minimum atomic E-state index is 0.129. The van der Waals surface area contributed by atoms with Gasteiger partial charge < -0.3 is 15.1 Å². The van der Waals surface area contributed by atoms with Crippen molar-refractivity contribution in [1.82, 2.24) is 15.1 Å². The van der Waals surface area contributed by atoms with Crippen LogP contribution in [0.15, 0.2) is 0 Å². The van der Waals surface area contributed by atoms with Gasteiger partial charge >= 0.3 is 6.03 Å². The molecule has 0 spiro atoms. The molecule has 0 atom stereocenters. The van der Waals surface area contributed by atoms with Crippen molar-refractivity contribution in [2.24, 2.45) is 0 Å². The Hall–Kier alpha value is -0.770. The Morgan fingerprint density at radius 2 is 1.82 bits per heavy atom. The van der Waals surface area contributed by atoms with Crippen LogP contribution < -0.4 is 5.32 Å². The smallest absolute Gasteiger partial charge is 0.317 e. The molecule has 0 saturated carbocycles. The average Bonchev–Trinajstić information content (AvgIpc) is 2.40. The molecular weight excluding hydrogens is 214 g/mol. The van der Waals surface area contributed by atoms with Crippen molar-refractivity contribution < 1.29 is 4.79 Å². The third-order valence-corrected chi connectivity index (χ3v) is 3.47. The molecule has 0 aliphatic carbocycles. The number of urea groups is 1. The molecule has 0 unspecified atom stereocenters. The molecule has 1 fully saturated rings. The van der Waals surface area contributed by atoms with Gasteiger partial charge in [0.25, 0.3) is 0 Å². The summed E-state index contributed by atoms with van der Waals surface area (Å²) in [5.41, 5.74) is 0. The van der Waals surface area contributed by atoms with E-state index in [0.29, 0.717) is 0 Å². The van der Waals surface area contributed by atoms with Crippen molar-refractivity contribution in [3.63, 3.8) is 0 Å². The van der Waals surface area contributed by atoms with Gasteiger partial charge in [0.15, 0.2) is 0 Å². The van der Waals surface area contributed by atoms with Gasteiger partial charge in [0, 0.05) is 19.6 Å². The molecule has 0 aromatic heterocycles. The van der Waals surface area contributed by atoms with Gasteiger partial charge in [-0.05, 0) is 45.3 Å². The fourth-order valence-electron chi connectivity index (χ4n) is 2.25. The normalized spacial score (nSPS) is 16.3. The summed E-state index contributed by atoms with van der Waals surface area (Å²) in [5.74, 6) is 0. The molecule has 0 bridgehead atoms. The Morgan fingerprint density at radius 3 is 2.41 bits per heavy atom. The molecule has 17 heavy (non-hydrogen) atoms. The van der Waals surface area contributed by atoms with Crippen molar-refractivity contribution in [3.8, 4) is 0 Å². The number of hydrogen-bond acceptors (Lipinski definition) is 2. The SMILES string of the molecule is CCN(CC)CCCNC(=O)N1CCCCC1. The Morgan fingerprint density at radius 1 is 1.18 bits per heavy atom. The van der Waals surface area contributed by atoms with Crippen molar-refractivity contribution in [2.75, 3.05) is 39.3 Å². The maximum Gasteiger partial charge on any atom is 0.317 e. The minimum absolute atomic E-state index is 0.129. The van der Waals surface area contributed by atoms with Crippen molar-refractivity contribution in [1.29, 1.82) is 0 Å². The van der Waals surface area contributed by atoms with Gasteiger partial charge in [0.2, 0.25) is 0 Å². The van der Waals surface area contributed by atoms with Crippen LogP contribution in [0, 0.1) is 0 Å². The third kappa shape index (κ3) is 5.39. The Labute approximate surface area is 105 Å². The summed E-state index contributed by atoms with van der Waals surface area (Å²) in [5, 5.41) is 3.02. The van der Waals surface area contributed by atoms with Gasteiger partial charge in [-0.2, -0.15) is 0 Å². The first-order chi connectivity index (χ1) is 8.27. The summed E-state index contributed by atoms with van der Waals surface area (Å²) in [7, 11) is 0. The zero-order valence-corrected chi connectivity index (χ0v) is 11.4. The van der Waals surface area contributed by atoms with Gasteiger partial charge in [-0.25, -0.2) is 4.79 Å². The molecule has 0 aromatic carbocycles. The van der Waals surface area contributed by atoms with E-state index in [1.54, 1.807) is 0 Å². The first-order valence-electron chi connectivity index (χ1n) is 7.03. The molecule has 4 nitrogen and oxygen atoms in total. The molecule has 1 N–H and O–H groups in total. The minimum Gasteiger partial charge on any atom is -0.338 e. The van der Waals surface area contributed by atoms with Gasteiger partial charge in [-0.3, -0.25) is 0 Å². The number of nitrogens with one attached hydrogen (secondary N) is 1. The second kappa shape index (κ2) is 8.34. The van der Waals surface area contributed by atoms with E-state index in [1.165, 1.54) is 6.42 Å². The first-order valence-corrected chi connectivity index (χ1v) is 7.03. The average molecular weight is 241 g/mol. The van der Waals surface area contributed by atoms with Gasteiger partial charge in [0.1, 0.15) is 0 Å². The highest BCUT2D eigenvalue weighted by atomic mass is 16.2. The predicted molar refractivity (Wildman–Crippen MR) is 71.2 cm³/mol. The molecule has 1 saturated heterocycles. The Bertz CT molecular complexity index is 211. The number of amides is 2. The third-order valence-electron chi connectivity index (χ3n) is 3.47. The fourth-order valence-corrected chi connectivity index (χ4v) is 2.25. The maximum absolute atomic E-state index is 11.8. The highest BCUT2D eigenvalue weighted by Gasteiger charge is 2.15. The van der Waals surface area contributed by atoms with E-state index >= 15 is 0 Å². The van der Waals surface area contributed by atoms with Gasteiger partial charge in [0.05, 0.1) is 0 Å². The molecule has 4 heteroatoms. The monoisotopic (exact) mass is 241 g/mol. The van der Waals surface area contributed by atoms with Crippen LogP contribution in [0.4, 0.5) is 4.79 Å². The lowest BCUT2D eigenvalue weighted by Crippen LogP contribution is -2.43. The number of likely N-dealkylation sites (tertiary alicyclic amines) is 1. The highest BCUT2D eigenvalue weighted by Crippen LogP contribution is 2.08. The van der Waals surface area contributed by atoms with E-state index in [1.807, 2.05) is 4.90 Å². The second-order valence-electron chi connectivity index (χ2n) is 4.66.